The molecule has 2 atom stereocenters. The molecule has 1 rings (SSSR count). The van der Waals surface area contributed by atoms with Crippen molar-refractivity contribution < 1.29 is 9.47 Å². The zero-order valence-electron chi connectivity index (χ0n) is 11.0. The molecule has 0 aromatic rings. The number of hydrogen-bond acceptors (Lipinski definition) is 2. The summed E-state index contributed by atoms with van der Waals surface area (Å²) in [5.41, 5.74) is 0.108. The van der Waals surface area contributed by atoms with Crippen molar-refractivity contribution in [1.29, 1.82) is 0 Å². The van der Waals surface area contributed by atoms with Crippen LogP contribution in [0, 0.1) is 11.3 Å². The fraction of sp³-hybridized carbons (Fsp3) is 0.600. The normalized spacial score (nSPS) is 28.5. The average Bonchev–Trinajstić information content (AvgIpc) is 2.33. The molecule has 17 heavy (non-hydrogen) atoms. The first-order valence-electron chi connectivity index (χ1n) is 6.31. The van der Waals surface area contributed by atoms with Crippen LogP contribution in [0.15, 0.2) is 37.1 Å². The summed E-state index contributed by atoms with van der Waals surface area (Å²) in [6, 6.07) is 0. The lowest BCUT2D eigenvalue weighted by Crippen LogP contribution is -2.39. The highest BCUT2D eigenvalue weighted by molar-refractivity contribution is 5.01. The second-order valence-electron chi connectivity index (χ2n) is 4.76. The summed E-state index contributed by atoms with van der Waals surface area (Å²) < 4.78 is 11.3. The molecule has 0 radical (unpaired) electrons. The zero-order chi connectivity index (χ0) is 12.6. The Morgan fingerprint density at radius 2 is 2.24 bits per heavy atom. The Morgan fingerprint density at radius 3 is 2.88 bits per heavy atom. The molecule has 0 aromatic carbocycles. The second-order valence-corrected chi connectivity index (χ2v) is 4.76. The van der Waals surface area contributed by atoms with E-state index in [9.17, 15) is 0 Å². The Hall–Kier alpha value is -1.02. The molecule has 96 valence electrons. The van der Waals surface area contributed by atoms with Crippen molar-refractivity contribution >= 4 is 0 Å². The summed E-state index contributed by atoms with van der Waals surface area (Å²) in [6.07, 6.45) is 12.1. The molecule has 0 saturated carbocycles. The van der Waals surface area contributed by atoms with Crippen molar-refractivity contribution in [3.05, 3.63) is 37.1 Å². The lowest BCUT2D eigenvalue weighted by molar-refractivity contribution is -0.0244. The third-order valence-corrected chi connectivity index (χ3v) is 3.45. The van der Waals surface area contributed by atoms with Crippen molar-refractivity contribution in [2.24, 2.45) is 11.3 Å². The van der Waals surface area contributed by atoms with Crippen LogP contribution in [0.25, 0.3) is 0 Å². The highest BCUT2D eigenvalue weighted by Crippen LogP contribution is 2.38. The number of rotatable bonds is 7. The van der Waals surface area contributed by atoms with Gasteiger partial charge in [-0.3, -0.25) is 0 Å². The summed E-state index contributed by atoms with van der Waals surface area (Å²) >= 11 is 0. The van der Waals surface area contributed by atoms with Gasteiger partial charge < -0.3 is 9.47 Å². The van der Waals surface area contributed by atoms with Gasteiger partial charge in [0, 0.05) is 5.41 Å². The largest absolute Gasteiger partial charge is 0.501 e. The van der Waals surface area contributed by atoms with Gasteiger partial charge in [-0.05, 0) is 25.7 Å². The van der Waals surface area contributed by atoms with E-state index in [1.807, 2.05) is 13.0 Å². The molecule has 1 aliphatic carbocycles. The monoisotopic (exact) mass is 236 g/mol. The van der Waals surface area contributed by atoms with Gasteiger partial charge in [0.25, 0.3) is 0 Å². The van der Waals surface area contributed by atoms with Crippen molar-refractivity contribution in [3.63, 3.8) is 0 Å². The summed E-state index contributed by atoms with van der Waals surface area (Å²) in [5.74, 6) is 0.586. The van der Waals surface area contributed by atoms with Crippen LogP contribution in [0.2, 0.25) is 0 Å². The summed E-state index contributed by atoms with van der Waals surface area (Å²) in [7, 11) is 0. The summed E-state index contributed by atoms with van der Waals surface area (Å²) in [4.78, 5) is 0. The van der Waals surface area contributed by atoms with E-state index in [1.54, 1.807) is 12.3 Å². The third-order valence-electron chi connectivity index (χ3n) is 3.45. The number of ether oxygens (including phenoxy) is 2. The van der Waals surface area contributed by atoms with E-state index in [1.165, 1.54) is 0 Å². The molecule has 0 amide bonds. The van der Waals surface area contributed by atoms with Crippen LogP contribution in [0.1, 0.15) is 26.7 Å². The van der Waals surface area contributed by atoms with Crippen LogP contribution >= 0.6 is 0 Å². The Bertz CT molecular complexity index is 281. The lowest BCUT2D eigenvalue weighted by atomic mass is 9.70. The van der Waals surface area contributed by atoms with Crippen molar-refractivity contribution in [2.45, 2.75) is 26.7 Å². The lowest BCUT2D eigenvalue weighted by Gasteiger charge is -2.39. The van der Waals surface area contributed by atoms with E-state index in [0.29, 0.717) is 12.5 Å². The molecule has 1 aliphatic rings. The van der Waals surface area contributed by atoms with Gasteiger partial charge in [0.15, 0.2) is 0 Å². The van der Waals surface area contributed by atoms with Crippen LogP contribution in [0.5, 0.6) is 0 Å². The molecule has 0 heterocycles. The first-order chi connectivity index (χ1) is 8.25. The Labute approximate surface area is 105 Å². The second kappa shape index (κ2) is 7.33. The third kappa shape index (κ3) is 4.04. The van der Waals surface area contributed by atoms with Crippen molar-refractivity contribution in [3.8, 4) is 0 Å². The van der Waals surface area contributed by atoms with Gasteiger partial charge in [0.2, 0.25) is 0 Å². The summed E-state index contributed by atoms with van der Waals surface area (Å²) in [6.45, 7) is 9.99. The molecule has 0 aliphatic heterocycles. The van der Waals surface area contributed by atoms with E-state index >= 15 is 0 Å². The fourth-order valence-electron chi connectivity index (χ4n) is 2.17. The SMILES string of the molecule is C=CCOCC1(COC=CC)CC=CCC1C. The van der Waals surface area contributed by atoms with Crippen molar-refractivity contribution in [1.82, 2.24) is 0 Å². The molecular formula is C15H24O2. The maximum absolute atomic E-state index is 5.67. The Kier molecular flexibility index (Phi) is 6.06. The van der Waals surface area contributed by atoms with E-state index in [2.05, 4.69) is 25.7 Å². The molecule has 2 heteroatoms. The van der Waals surface area contributed by atoms with Gasteiger partial charge in [-0.15, -0.1) is 6.58 Å². The van der Waals surface area contributed by atoms with Crippen LogP contribution in [-0.4, -0.2) is 19.8 Å². The minimum Gasteiger partial charge on any atom is -0.501 e. The van der Waals surface area contributed by atoms with Crippen LogP contribution in [0.4, 0.5) is 0 Å². The van der Waals surface area contributed by atoms with Gasteiger partial charge >= 0.3 is 0 Å². The predicted octanol–water partition coefficient (Wildman–Crippen LogP) is 3.71. The van der Waals surface area contributed by atoms with Crippen LogP contribution < -0.4 is 0 Å². The van der Waals surface area contributed by atoms with E-state index in [4.69, 9.17) is 9.47 Å². The minimum atomic E-state index is 0.108. The van der Waals surface area contributed by atoms with E-state index in [-0.39, 0.29) is 5.41 Å². The molecule has 0 bridgehead atoms. The molecule has 0 fully saturated rings. The standard InChI is InChI=1S/C15H24O2/c1-4-10-16-12-15(13-17-11-5-2)9-7-6-8-14(15)3/h4-7,11,14H,1,8-10,12-13H2,2-3H3. The maximum atomic E-state index is 5.67. The zero-order valence-corrected chi connectivity index (χ0v) is 11.0. The van der Waals surface area contributed by atoms with Gasteiger partial charge in [-0.2, -0.15) is 0 Å². The number of allylic oxidation sites excluding steroid dienone is 3. The highest BCUT2D eigenvalue weighted by atomic mass is 16.5. The Balaban J connectivity index is 2.61. The highest BCUT2D eigenvalue weighted by Gasteiger charge is 2.37. The minimum absolute atomic E-state index is 0.108. The molecule has 0 N–H and O–H groups in total. The van der Waals surface area contributed by atoms with Gasteiger partial charge in [-0.25, -0.2) is 0 Å². The molecule has 2 nitrogen and oxygen atoms in total. The van der Waals surface area contributed by atoms with Gasteiger partial charge in [-0.1, -0.05) is 31.2 Å². The first-order valence-corrected chi connectivity index (χ1v) is 6.31. The molecule has 0 aromatic heterocycles. The molecule has 0 saturated heterocycles. The summed E-state index contributed by atoms with van der Waals surface area (Å²) in [5, 5.41) is 0. The topological polar surface area (TPSA) is 18.5 Å². The van der Waals surface area contributed by atoms with E-state index in [0.717, 1.165) is 26.1 Å². The van der Waals surface area contributed by atoms with Crippen LogP contribution in [-0.2, 0) is 9.47 Å². The van der Waals surface area contributed by atoms with Gasteiger partial charge in [0.1, 0.15) is 0 Å². The number of hydrogen-bond donors (Lipinski definition) is 0. The van der Waals surface area contributed by atoms with E-state index < -0.39 is 0 Å². The smallest absolute Gasteiger partial charge is 0.0957 e. The van der Waals surface area contributed by atoms with Gasteiger partial charge in [0.05, 0.1) is 26.1 Å². The molecular weight excluding hydrogens is 212 g/mol. The average molecular weight is 236 g/mol. The fourth-order valence-corrected chi connectivity index (χ4v) is 2.17. The van der Waals surface area contributed by atoms with Crippen molar-refractivity contribution in [2.75, 3.05) is 19.8 Å². The first kappa shape index (κ1) is 14.0. The molecule has 0 spiro atoms. The predicted molar refractivity (Wildman–Crippen MR) is 71.8 cm³/mol. The molecule has 2 unspecified atom stereocenters. The Morgan fingerprint density at radius 1 is 1.41 bits per heavy atom. The van der Waals surface area contributed by atoms with Crippen LogP contribution in [0.3, 0.4) is 0 Å². The maximum Gasteiger partial charge on any atom is 0.0957 e. The quantitative estimate of drug-likeness (QED) is 0.381.